The molecule has 0 saturated heterocycles. The van der Waals surface area contributed by atoms with Crippen LogP contribution in [0.1, 0.15) is 40.0 Å². The molecule has 1 atom stereocenters. The van der Waals surface area contributed by atoms with Crippen LogP contribution in [0.3, 0.4) is 0 Å². The number of hydrogen-bond donors (Lipinski definition) is 7. The van der Waals surface area contributed by atoms with Gasteiger partial charge in [-0.2, -0.15) is 4.99 Å². The fourth-order valence-corrected chi connectivity index (χ4v) is 4.39. The molecule has 0 aliphatic heterocycles. The molecular weight excluding hydrogens is 616 g/mol. The predicted octanol–water partition coefficient (Wildman–Crippen LogP) is 1.34. The van der Waals surface area contributed by atoms with Gasteiger partial charge in [-0.1, -0.05) is 0 Å². The van der Waals surface area contributed by atoms with Gasteiger partial charge < -0.3 is 45.9 Å². The number of aryl methyl sites for hydroxylation is 2. The molecule has 16 heteroatoms. The molecule has 0 spiro atoms. The lowest BCUT2D eigenvalue weighted by Crippen LogP contribution is -2.44. The Morgan fingerprint density at radius 3 is 2.07 bits per heavy atom. The number of hydrogen-bond acceptors (Lipinski definition) is 10. The molecule has 0 aliphatic carbocycles. The number of unbranched alkanes of at least 4 members (excludes halogenated alkanes) is 1. The normalized spacial score (nSPS) is 11.2. The van der Waals surface area contributed by atoms with Gasteiger partial charge in [-0.3, -0.25) is 19.2 Å². The average Bonchev–Trinajstić information content (AvgIpc) is 3.03. The Morgan fingerprint density at radius 1 is 0.848 bits per heavy atom. The largest absolute Gasteiger partial charge is 0.502 e. The molecule has 0 radical (unpaired) electrons. The summed E-state index contributed by atoms with van der Waals surface area (Å²) >= 11 is 4.57. The van der Waals surface area contributed by atoms with Crippen LogP contribution in [-0.2, 0) is 14.1 Å². The molecule has 1 unspecified atom stereocenters. The third kappa shape index (κ3) is 10.1. The van der Waals surface area contributed by atoms with Crippen LogP contribution in [0.15, 0.2) is 63.4 Å². The number of nitrogens with one attached hydrogen (secondary N) is 5. The molecule has 7 N–H and O–H groups in total. The molecule has 3 rings (SSSR count). The van der Waals surface area contributed by atoms with E-state index in [0.717, 1.165) is 9.13 Å². The molecule has 0 fully saturated rings. The number of amides is 4. The first-order valence-electron chi connectivity index (χ1n) is 14.3. The fraction of sp³-hybridized carbons (Fsp3) is 0.333. The molecule has 0 saturated carbocycles. The van der Waals surface area contributed by atoms with Crippen LogP contribution in [0.2, 0.25) is 0 Å². The number of anilines is 1. The van der Waals surface area contributed by atoms with Crippen molar-refractivity contribution in [3.05, 3.63) is 80.6 Å². The summed E-state index contributed by atoms with van der Waals surface area (Å²) in [7, 11) is 2.91. The topological polar surface area (TPSA) is 208 Å². The molecule has 15 nitrogen and oxygen atoms in total. The SMILES string of the molecule is Cn1ccc(C(=O)NCCNCC(CCCCNC(=O)Nc2ccc(N=C=S)cc2)NC(=O)c2ccn(C)c(=O)c2O)c(O)c1=O. The summed E-state index contributed by atoms with van der Waals surface area (Å²) in [5, 5.41) is 36.5. The summed E-state index contributed by atoms with van der Waals surface area (Å²) in [6.07, 6.45) is 4.45. The minimum atomic E-state index is -0.705. The van der Waals surface area contributed by atoms with E-state index in [9.17, 15) is 34.2 Å². The van der Waals surface area contributed by atoms with Gasteiger partial charge in [-0.15, -0.1) is 0 Å². The zero-order valence-corrected chi connectivity index (χ0v) is 26.1. The van der Waals surface area contributed by atoms with Crippen LogP contribution in [0.25, 0.3) is 0 Å². The van der Waals surface area contributed by atoms with E-state index in [2.05, 4.69) is 49.0 Å². The molecule has 0 bridgehead atoms. The molecule has 4 amide bonds. The number of thiocarbonyl (C=S) groups is 1. The van der Waals surface area contributed by atoms with E-state index in [4.69, 9.17) is 0 Å². The summed E-state index contributed by atoms with van der Waals surface area (Å²) < 4.78 is 2.31. The van der Waals surface area contributed by atoms with E-state index in [1.54, 1.807) is 24.3 Å². The van der Waals surface area contributed by atoms with Crippen LogP contribution in [0, 0.1) is 0 Å². The average molecular weight is 653 g/mol. The van der Waals surface area contributed by atoms with E-state index in [-0.39, 0.29) is 30.2 Å². The van der Waals surface area contributed by atoms with Crippen LogP contribution >= 0.6 is 12.2 Å². The van der Waals surface area contributed by atoms with Gasteiger partial charge >= 0.3 is 6.03 Å². The maximum absolute atomic E-state index is 12.9. The highest BCUT2D eigenvalue weighted by Gasteiger charge is 2.19. The van der Waals surface area contributed by atoms with E-state index < -0.39 is 40.5 Å². The maximum Gasteiger partial charge on any atom is 0.319 e. The predicted molar refractivity (Wildman–Crippen MR) is 175 cm³/mol. The van der Waals surface area contributed by atoms with Crippen molar-refractivity contribution in [2.24, 2.45) is 19.1 Å². The lowest BCUT2D eigenvalue weighted by molar-refractivity contribution is 0.0929. The van der Waals surface area contributed by atoms with Crippen molar-refractivity contribution < 1.29 is 24.6 Å². The first kappa shape index (κ1) is 35.2. The van der Waals surface area contributed by atoms with E-state index in [1.807, 2.05) is 0 Å². The monoisotopic (exact) mass is 652 g/mol. The molecule has 2 aromatic heterocycles. The zero-order chi connectivity index (χ0) is 33.6. The van der Waals surface area contributed by atoms with E-state index in [0.29, 0.717) is 43.7 Å². The van der Waals surface area contributed by atoms with Gasteiger partial charge in [0.15, 0.2) is 11.5 Å². The van der Waals surface area contributed by atoms with Crippen molar-refractivity contribution in [1.82, 2.24) is 30.4 Å². The molecule has 1 aromatic carbocycles. The lowest BCUT2D eigenvalue weighted by atomic mass is 10.1. The third-order valence-corrected chi connectivity index (χ3v) is 6.94. The van der Waals surface area contributed by atoms with Crippen LogP contribution in [0.4, 0.5) is 16.2 Å². The Kier molecular flexibility index (Phi) is 13.2. The molecule has 244 valence electrons. The second-order valence-electron chi connectivity index (χ2n) is 10.2. The molecule has 3 aromatic rings. The second-order valence-corrected chi connectivity index (χ2v) is 10.4. The number of carbonyl (C=O) groups excluding carboxylic acids is 3. The van der Waals surface area contributed by atoms with Gasteiger partial charge in [-0.05, 0) is 67.9 Å². The minimum Gasteiger partial charge on any atom is -0.502 e. The maximum atomic E-state index is 12.9. The minimum absolute atomic E-state index is 0.140. The van der Waals surface area contributed by atoms with Gasteiger partial charge in [-0.25, -0.2) is 4.79 Å². The Hall–Kier alpha value is -5.31. The summed E-state index contributed by atoms with van der Waals surface area (Å²) in [5.74, 6) is -2.55. The van der Waals surface area contributed by atoms with Gasteiger partial charge in [0.2, 0.25) is 0 Å². The number of urea groups is 1. The van der Waals surface area contributed by atoms with Crippen molar-refractivity contribution in [1.29, 1.82) is 0 Å². The highest BCUT2D eigenvalue weighted by molar-refractivity contribution is 7.78. The van der Waals surface area contributed by atoms with Crippen molar-refractivity contribution in [3.63, 3.8) is 0 Å². The highest BCUT2D eigenvalue weighted by Crippen LogP contribution is 2.16. The van der Waals surface area contributed by atoms with Gasteiger partial charge in [0.05, 0.1) is 22.0 Å². The van der Waals surface area contributed by atoms with E-state index in [1.165, 1.54) is 38.6 Å². The number of rotatable bonds is 15. The Bertz CT molecular complexity index is 1720. The van der Waals surface area contributed by atoms with Gasteiger partial charge in [0.1, 0.15) is 0 Å². The third-order valence-electron chi connectivity index (χ3n) is 6.85. The van der Waals surface area contributed by atoms with Gasteiger partial charge in [0, 0.05) is 64.4 Å². The Labute approximate surface area is 269 Å². The smallest absolute Gasteiger partial charge is 0.319 e. The van der Waals surface area contributed by atoms with Crippen molar-refractivity contribution in [3.8, 4) is 11.5 Å². The second kappa shape index (κ2) is 17.2. The van der Waals surface area contributed by atoms with Crippen molar-refractivity contribution in [2.75, 3.05) is 31.5 Å². The number of aromatic nitrogens is 2. The number of nitrogens with zero attached hydrogens (tertiary/aromatic N) is 3. The lowest BCUT2D eigenvalue weighted by Gasteiger charge is -2.20. The van der Waals surface area contributed by atoms with Crippen molar-refractivity contribution >= 4 is 46.6 Å². The summed E-state index contributed by atoms with van der Waals surface area (Å²) in [6, 6.07) is 8.62. The molecular formula is C30H36N8O7S. The van der Waals surface area contributed by atoms with Crippen LogP contribution in [-0.4, -0.2) is 74.6 Å². The number of carbonyl (C=O) groups is 3. The molecule has 46 heavy (non-hydrogen) atoms. The number of pyridine rings is 2. The molecule has 2 heterocycles. The Balaban J connectivity index is 1.50. The first-order chi connectivity index (χ1) is 22.0. The van der Waals surface area contributed by atoms with Crippen LogP contribution in [0.5, 0.6) is 11.5 Å². The van der Waals surface area contributed by atoms with E-state index >= 15 is 0 Å². The summed E-state index contributed by atoms with van der Waals surface area (Å²) in [6.45, 7) is 1.10. The van der Waals surface area contributed by atoms with Crippen molar-refractivity contribution in [2.45, 2.75) is 25.3 Å². The highest BCUT2D eigenvalue weighted by atomic mass is 32.1. The number of aromatic hydroxyl groups is 2. The Morgan fingerprint density at radius 2 is 1.46 bits per heavy atom. The fourth-order valence-electron chi connectivity index (χ4n) is 4.29. The molecule has 0 aliphatic rings. The summed E-state index contributed by atoms with van der Waals surface area (Å²) in [5.41, 5.74) is -0.494. The quantitative estimate of drug-likeness (QED) is 0.0717. The number of aliphatic imine (C=N–C) groups is 1. The summed E-state index contributed by atoms with van der Waals surface area (Å²) in [4.78, 5) is 65.4. The standard InChI is InChI=1S/C30H36N8O7S/c1-37-15-10-22(24(39)28(37)43)26(41)32-14-13-31-17-21(35-27(42)23-11-16-38(2)29(44)25(23)40)5-3-4-12-33-30(45)36-20-8-6-19(7-9-20)34-18-46/h6-11,15-16,21,31,39-40H,3-5,12-14,17H2,1-2H3,(H,32,41)(H,35,42)(H2,33,36,45). The first-order valence-corrected chi connectivity index (χ1v) is 14.7. The van der Waals surface area contributed by atoms with Crippen LogP contribution < -0.4 is 37.7 Å². The van der Waals surface area contributed by atoms with Gasteiger partial charge in [0.25, 0.3) is 22.9 Å². The number of benzene rings is 1. The zero-order valence-electron chi connectivity index (χ0n) is 25.3. The number of isothiocyanates is 1.